The number of carbonyl (C=O) groups is 1. The molecule has 0 atom stereocenters. The van der Waals surface area contributed by atoms with E-state index in [4.69, 9.17) is 24.7 Å². The number of nitrogens with zero attached hydrogens (tertiary/aromatic N) is 1. The molecule has 36 heavy (non-hydrogen) atoms. The first-order chi connectivity index (χ1) is 17.0. The quantitative estimate of drug-likeness (QED) is 0.369. The normalized spacial score (nSPS) is 10.5. The maximum Gasteiger partial charge on any atom is 0.355 e. The summed E-state index contributed by atoms with van der Waals surface area (Å²) in [5, 5.41) is 1.02. The summed E-state index contributed by atoms with van der Waals surface area (Å²) in [7, 11) is 5.82. The zero-order valence-corrected chi connectivity index (χ0v) is 21.2. The second-order valence-electron chi connectivity index (χ2n) is 7.69. The molecule has 188 valence electrons. The van der Waals surface area contributed by atoms with Crippen molar-refractivity contribution in [2.45, 2.75) is 6.54 Å². The number of fused-ring (bicyclic) bond motifs is 1. The Morgan fingerprint density at radius 3 is 1.94 bits per heavy atom. The molecule has 3 aromatic carbocycles. The molecule has 0 aliphatic heterocycles. The van der Waals surface area contributed by atoms with Gasteiger partial charge in [-0.05, 0) is 46.8 Å². The Hall–Kier alpha value is -4.01. The molecule has 0 saturated carbocycles. The van der Waals surface area contributed by atoms with E-state index >= 15 is 0 Å². The van der Waals surface area contributed by atoms with Crippen LogP contribution in [0.5, 0.6) is 17.2 Å². The second-order valence-corrected chi connectivity index (χ2v) is 7.69. The van der Waals surface area contributed by atoms with E-state index in [1.165, 1.54) is 33.0 Å². The Morgan fingerprint density at radius 2 is 1.44 bits per heavy atom. The van der Waals surface area contributed by atoms with Gasteiger partial charge in [0.25, 0.3) is 5.56 Å². The number of esters is 1. The third kappa shape index (κ3) is 4.48. The fraction of sp³-hybridized carbons (Fsp3) is 0.185. The van der Waals surface area contributed by atoms with Gasteiger partial charge in [-0.3, -0.25) is 9.36 Å². The van der Waals surface area contributed by atoms with Crippen molar-refractivity contribution >= 4 is 29.1 Å². The van der Waals surface area contributed by atoms with Crippen LogP contribution in [0.25, 0.3) is 27.6 Å². The first-order valence-corrected chi connectivity index (χ1v) is 10.8. The van der Waals surface area contributed by atoms with Crippen LogP contribution in [0.2, 0.25) is 0 Å². The molecule has 0 radical (unpaired) electrons. The molecule has 1 heterocycles. The lowest BCUT2D eigenvalue weighted by atomic mass is 9.95. The molecule has 0 saturated heterocycles. The van der Waals surface area contributed by atoms with Crippen LogP contribution in [0.1, 0.15) is 16.1 Å². The molecule has 2 N–H and O–H groups in total. The summed E-state index contributed by atoms with van der Waals surface area (Å²) in [6.07, 6.45) is 0. The van der Waals surface area contributed by atoms with Crippen LogP contribution >= 0.6 is 12.4 Å². The van der Waals surface area contributed by atoms with Crippen LogP contribution in [0, 0.1) is 0 Å². The minimum atomic E-state index is -0.667. The smallest absolute Gasteiger partial charge is 0.355 e. The van der Waals surface area contributed by atoms with Crippen molar-refractivity contribution in [1.29, 1.82) is 0 Å². The van der Waals surface area contributed by atoms with Gasteiger partial charge in [0.2, 0.25) is 5.75 Å². The molecule has 0 amide bonds. The van der Waals surface area contributed by atoms with Gasteiger partial charge in [-0.1, -0.05) is 30.3 Å². The summed E-state index contributed by atoms with van der Waals surface area (Å²) < 4.78 is 23.1. The standard InChI is InChI=1S/C27H26N2O6.ClH/c1-32-21-13-17(14-22(33-2)25(21)34-3)23-19-7-5-6-8-20(19)26(30)29(24(23)27(31)35-4)18-11-9-16(15-28)10-12-18;/h5-14H,15,28H2,1-4H3;1H. The number of pyridine rings is 1. The molecule has 0 spiro atoms. The molecule has 1 aromatic heterocycles. The van der Waals surface area contributed by atoms with E-state index < -0.39 is 5.97 Å². The lowest BCUT2D eigenvalue weighted by molar-refractivity contribution is 0.0591. The summed E-state index contributed by atoms with van der Waals surface area (Å²) in [6, 6.07) is 17.7. The number of hydrogen-bond donors (Lipinski definition) is 1. The van der Waals surface area contributed by atoms with E-state index in [1.807, 2.05) is 18.2 Å². The topological polar surface area (TPSA) is 102 Å². The number of hydrogen-bond acceptors (Lipinski definition) is 7. The zero-order valence-electron chi connectivity index (χ0n) is 20.4. The van der Waals surface area contributed by atoms with Gasteiger partial charge in [0.05, 0.1) is 28.4 Å². The van der Waals surface area contributed by atoms with Crippen LogP contribution in [0.15, 0.2) is 65.5 Å². The van der Waals surface area contributed by atoms with Crippen LogP contribution in [0.4, 0.5) is 0 Å². The Kier molecular flexibility index (Phi) is 8.24. The lowest BCUT2D eigenvalue weighted by Crippen LogP contribution is -2.26. The highest BCUT2D eigenvalue weighted by Gasteiger charge is 2.26. The van der Waals surface area contributed by atoms with E-state index in [9.17, 15) is 9.59 Å². The van der Waals surface area contributed by atoms with E-state index in [0.717, 1.165) is 5.56 Å². The highest BCUT2D eigenvalue weighted by Crippen LogP contribution is 2.43. The van der Waals surface area contributed by atoms with E-state index in [-0.39, 0.29) is 23.7 Å². The van der Waals surface area contributed by atoms with Gasteiger partial charge >= 0.3 is 5.97 Å². The van der Waals surface area contributed by atoms with Crippen molar-refractivity contribution in [2.75, 3.05) is 28.4 Å². The van der Waals surface area contributed by atoms with Gasteiger partial charge in [0.15, 0.2) is 11.5 Å². The molecule has 0 aliphatic rings. The predicted molar refractivity (Wildman–Crippen MR) is 141 cm³/mol. The largest absolute Gasteiger partial charge is 0.493 e. The minimum absolute atomic E-state index is 0. The second kappa shape index (κ2) is 11.2. The number of aromatic nitrogens is 1. The molecule has 0 unspecified atom stereocenters. The molecule has 0 fully saturated rings. The van der Waals surface area contributed by atoms with Crippen molar-refractivity contribution in [3.8, 4) is 34.1 Å². The molecule has 0 bridgehead atoms. The van der Waals surface area contributed by atoms with Crippen LogP contribution < -0.4 is 25.5 Å². The van der Waals surface area contributed by atoms with Crippen LogP contribution in [0.3, 0.4) is 0 Å². The Morgan fingerprint density at radius 1 is 0.861 bits per heavy atom. The SMILES string of the molecule is COC(=O)c1c(-c2cc(OC)c(OC)c(OC)c2)c2ccccc2c(=O)n1-c1ccc(CN)cc1.Cl. The van der Waals surface area contributed by atoms with Crippen molar-refractivity contribution in [3.63, 3.8) is 0 Å². The fourth-order valence-corrected chi connectivity index (χ4v) is 4.18. The number of benzene rings is 3. The van der Waals surface area contributed by atoms with Gasteiger partial charge < -0.3 is 24.7 Å². The highest BCUT2D eigenvalue weighted by atomic mass is 35.5. The number of methoxy groups -OCH3 is 4. The number of carbonyl (C=O) groups excluding carboxylic acids is 1. The zero-order chi connectivity index (χ0) is 25.1. The third-order valence-corrected chi connectivity index (χ3v) is 5.85. The Labute approximate surface area is 214 Å². The van der Waals surface area contributed by atoms with Crippen molar-refractivity contribution in [3.05, 3.63) is 82.3 Å². The lowest BCUT2D eigenvalue weighted by Gasteiger charge is -2.20. The Bertz CT molecular complexity index is 1440. The average molecular weight is 511 g/mol. The minimum Gasteiger partial charge on any atom is -0.493 e. The fourth-order valence-electron chi connectivity index (χ4n) is 4.18. The third-order valence-electron chi connectivity index (χ3n) is 5.85. The number of halogens is 1. The molecule has 0 aliphatic carbocycles. The first-order valence-electron chi connectivity index (χ1n) is 10.8. The average Bonchev–Trinajstić information content (AvgIpc) is 2.91. The molecular weight excluding hydrogens is 484 g/mol. The summed E-state index contributed by atoms with van der Waals surface area (Å²) in [6.45, 7) is 0.355. The summed E-state index contributed by atoms with van der Waals surface area (Å²) >= 11 is 0. The number of rotatable bonds is 7. The van der Waals surface area contributed by atoms with E-state index in [1.54, 1.807) is 42.5 Å². The van der Waals surface area contributed by atoms with Gasteiger partial charge in [-0.15, -0.1) is 12.4 Å². The van der Waals surface area contributed by atoms with E-state index in [0.29, 0.717) is 51.4 Å². The van der Waals surface area contributed by atoms with Crippen molar-refractivity contribution in [1.82, 2.24) is 4.57 Å². The number of nitrogens with two attached hydrogens (primary N) is 1. The monoisotopic (exact) mass is 510 g/mol. The summed E-state index contributed by atoms with van der Waals surface area (Å²) in [5.41, 5.74) is 7.95. The molecule has 8 nitrogen and oxygen atoms in total. The van der Waals surface area contributed by atoms with Crippen molar-refractivity contribution in [2.24, 2.45) is 5.73 Å². The maximum atomic E-state index is 13.7. The van der Waals surface area contributed by atoms with Gasteiger partial charge in [0.1, 0.15) is 5.69 Å². The first kappa shape index (κ1) is 26.6. The predicted octanol–water partition coefficient (Wildman–Crippen LogP) is 4.35. The van der Waals surface area contributed by atoms with Crippen LogP contribution in [-0.2, 0) is 11.3 Å². The van der Waals surface area contributed by atoms with Crippen LogP contribution in [-0.4, -0.2) is 39.0 Å². The molecule has 4 aromatic rings. The molecule has 4 rings (SSSR count). The summed E-state index contributed by atoms with van der Waals surface area (Å²) in [4.78, 5) is 27.0. The van der Waals surface area contributed by atoms with Gasteiger partial charge in [-0.25, -0.2) is 4.79 Å². The van der Waals surface area contributed by atoms with E-state index in [2.05, 4.69) is 0 Å². The molecule has 9 heteroatoms. The highest BCUT2D eigenvalue weighted by molar-refractivity contribution is 6.07. The van der Waals surface area contributed by atoms with Crippen molar-refractivity contribution < 1.29 is 23.7 Å². The summed E-state index contributed by atoms with van der Waals surface area (Å²) in [5.74, 6) is 0.562. The number of ether oxygens (including phenoxy) is 4. The molecular formula is C27H27ClN2O6. The van der Waals surface area contributed by atoms with Gasteiger partial charge in [0, 0.05) is 23.2 Å². The Balaban J connectivity index is 0.00000361. The van der Waals surface area contributed by atoms with Gasteiger partial charge in [-0.2, -0.15) is 0 Å². The maximum absolute atomic E-state index is 13.7.